The van der Waals surface area contributed by atoms with E-state index in [1.54, 1.807) is 25.7 Å². The minimum absolute atomic E-state index is 0.0977. The first-order valence-electron chi connectivity index (χ1n) is 10.7. The van der Waals surface area contributed by atoms with Crippen LogP contribution >= 0.6 is 0 Å². The number of anilines is 1. The van der Waals surface area contributed by atoms with Gasteiger partial charge in [-0.25, -0.2) is 9.97 Å². The lowest BCUT2D eigenvalue weighted by molar-refractivity contribution is -0.118. The molecule has 0 aliphatic carbocycles. The van der Waals surface area contributed by atoms with Crippen molar-refractivity contribution in [2.24, 2.45) is 0 Å². The molecule has 5 rings (SSSR count). The maximum absolute atomic E-state index is 12.5. The van der Waals surface area contributed by atoms with Gasteiger partial charge in [0, 0.05) is 54.4 Å². The zero-order valence-electron chi connectivity index (χ0n) is 18.2. The van der Waals surface area contributed by atoms with E-state index in [1.165, 1.54) is 0 Å². The first-order chi connectivity index (χ1) is 16.2. The average Bonchev–Trinajstić information content (AvgIpc) is 3.24. The van der Waals surface area contributed by atoms with Crippen LogP contribution in [0.4, 0.5) is 5.82 Å². The Morgan fingerprint density at radius 2 is 2.00 bits per heavy atom. The molecular weight excluding hydrogens is 420 g/mol. The molecule has 9 heteroatoms. The van der Waals surface area contributed by atoms with Crippen LogP contribution in [-0.2, 0) is 9.53 Å². The van der Waals surface area contributed by atoms with E-state index in [-0.39, 0.29) is 5.91 Å². The highest BCUT2D eigenvalue weighted by Gasteiger charge is 2.18. The van der Waals surface area contributed by atoms with Crippen molar-refractivity contribution < 1.29 is 14.3 Å². The molecule has 1 saturated heterocycles. The predicted molar refractivity (Wildman–Crippen MR) is 125 cm³/mol. The van der Waals surface area contributed by atoms with Crippen molar-refractivity contribution in [2.45, 2.75) is 0 Å². The number of methoxy groups -OCH3 is 1. The van der Waals surface area contributed by atoms with Crippen LogP contribution < -0.4 is 10.1 Å². The highest BCUT2D eigenvalue weighted by atomic mass is 16.5. The maximum Gasteiger partial charge on any atom is 0.239 e. The van der Waals surface area contributed by atoms with Gasteiger partial charge in [0.2, 0.25) is 11.8 Å². The summed E-state index contributed by atoms with van der Waals surface area (Å²) in [7, 11) is 1.59. The Kier molecular flexibility index (Phi) is 5.97. The topological polar surface area (TPSA) is 105 Å². The lowest BCUT2D eigenvalue weighted by Gasteiger charge is -2.25. The van der Waals surface area contributed by atoms with Crippen molar-refractivity contribution in [3.8, 4) is 28.3 Å². The van der Waals surface area contributed by atoms with Gasteiger partial charge in [-0.05, 0) is 30.3 Å². The molecule has 9 nitrogen and oxygen atoms in total. The second-order valence-corrected chi connectivity index (χ2v) is 7.73. The number of amides is 1. The highest BCUT2D eigenvalue weighted by molar-refractivity contribution is 6.01. The van der Waals surface area contributed by atoms with Crippen molar-refractivity contribution >= 4 is 22.8 Å². The van der Waals surface area contributed by atoms with Crippen LogP contribution in [-0.4, -0.2) is 70.7 Å². The fourth-order valence-electron chi connectivity index (χ4n) is 3.97. The Hall–Kier alpha value is -3.82. The van der Waals surface area contributed by atoms with Gasteiger partial charge in [-0.3, -0.25) is 14.7 Å². The van der Waals surface area contributed by atoms with E-state index in [1.807, 2.05) is 36.4 Å². The van der Waals surface area contributed by atoms with Gasteiger partial charge in [0.05, 0.1) is 43.6 Å². The number of ether oxygens (including phenoxy) is 2. The summed E-state index contributed by atoms with van der Waals surface area (Å²) in [5, 5.41) is 2.92. The quantitative estimate of drug-likeness (QED) is 0.471. The predicted octanol–water partition coefficient (Wildman–Crippen LogP) is 2.97. The summed E-state index contributed by atoms with van der Waals surface area (Å²) < 4.78 is 10.5. The Bertz CT molecular complexity index is 1260. The largest absolute Gasteiger partial charge is 0.481 e. The summed E-state index contributed by atoms with van der Waals surface area (Å²) >= 11 is 0. The lowest BCUT2D eigenvalue weighted by Crippen LogP contribution is -2.41. The minimum atomic E-state index is -0.0977. The van der Waals surface area contributed by atoms with Crippen LogP contribution in [0.1, 0.15) is 0 Å². The second-order valence-electron chi connectivity index (χ2n) is 7.73. The number of carbonyl (C=O) groups excluding carboxylic acids is 1. The molecule has 1 aliphatic rings. The van der Waals surface area contributed by atoms with E-state index < -0.39 is 0 Å². The number of H-pyrrole nitrogens is 1. The summed E-state index contributed by atoms with van der Waals surface area (Å²) in [5.41, 5.74) is 5.35. The molecule has 4 aromatic rings. The number of nitrogens with one attached hydrogen (secondary N) is 2. The third kappa shape index (κ3) is 4.55. The van der Waals surface area contributed by atoms with E-state index in [2.05, 4.69) is 30.2 Å². The number of aromatic amines is 1. The molecule has 0 unspecified atom stereocenters. The molecule has 168 valence electrons. The maximum atomic E-state index is 12.5. The summed E-state index contributed by atoms with van der Waals surface area (Å²) in [6.07, 6.45) is 5.23. The average molecular weight is 444 g/mol. The van der Waals surface area contributed by atoms with Crippen molar-refractivity contribution in [3.05, 3.63) is 55.0 Å². The van der Waals surface area contributed by atoms with Crippen LogP contribution in [0.5, 0.6) is 5.88 Å². The fourth-order valence-corrected chi connectivity index (χ4v) is 3.97. The second kappa shape index (κ2) is 9.35. The van der Waals surface area contributed by atoms with Gasteiger partial charge in [0.15, 0.2) is 0 Å². The normalized spacial score (nSPS) is 14.3. The fraction of sp³-hybridized carbons (Fsp3) is 0.250. The summed E-state index contributed by atoms with van der Waals surface area (Å²) in [6, 6.07) is 11.4. The monoisotopic (exact) mass is 444 g/mol. The van der Waals surface area contributed by atoms with Crippen LogP contribution in [0.15, 0.2) is 55.0 Å². The van der Waals surface area contributed by atoms with Crippen molar-refractivity contribution in [2.75, 3.05) is 45.3 Å². The van der Waals surface area contributed by atoms with Crippen LogP contribution in [0, 0.1) is 0 Å². The number of fused-ring (bicyclic) bond motifs is 1. The molecule has 0 aromatic carbocycles. The third-order valence-corrected chi connectivity index (χ3v) is 5.58. The van der Waals surface area contributed by atoms with E-state index in [0.717, 1.165) is 46.5 Å². The van der Waals surface area contributed by atoms with Crippen molar-refractivity contribution in [1.82, 2.24) is 24.8 Å². The summed E-state index contributed by atoms with van der Waals surface area (Å²) in [5.74, 6) is 0.943. The highest BCUT2D eigenvalue weighted by Crippen LogP contribution is 2.37. The van der Waals surface area contributed by atoms with E-state index in [0.29, 0.717) is 31.5 Å². The van der Waals surface area contributed by atoms with Crippen LogP contribution in [0.25, 0.3) is 33.4 Å². The number of carbonyl (C=O) groups is 1. The van der Waals surface area contributed by atoms with E-state index in [4.69, 9.17) is 9.47 Å². The SMILES string of the molecule is COc1ccc(-c2c(-c3ccnc(NC(=O)CN4CCOCC4)c3)[nH]c3cccnc23)cn1. The third-order valence-electron chi connectivity index (χ3n) is 5.58. The van der Waals surface area contributed by atoms with Gasteiger partial charge in [-0.15, -0.1) is 0 Å². The van der Waals surface area contributed by atoms with Gasteiger partial charge < -0.3 is 19.8 Å². The molecule has 1 amide bonds. The molecule has 0 atom stereocenters. The number of hydrogen-bond acceptors (Lipinski definition) is 7. The number of nitrogens with zero attached hydrogens (tertiary/aromatic N) is 4. The van der Waals surface area contributed by atoms with Crippen molar-refractivity contribution in [3.63, 3.8) is 0 Å². The molecule has 5 heterocycles. The molecule has 1 aliphatic heterocycles. The first kappa shape index (κ1) is 21.0. The minimum Gasteiger partial charge on any atom is -0.481 e. The van der Waals surface area contributed by atoms with Gasteiger partial charge >= 0.3 is 0 Å². The molecule has 1 fully saturated rings. The van der Waals surface area contributed by atoms with Crippen LogP contribution in [0.2, 0.25) is 0 Å². The van der Waals surface area contributed by atoms with Gasteiger partial charge in [-0.2, -0.15) is 0 Å². The van der Waals surface area contributed by atoms with E-state index in [9.17, 15) is 4.79 Å². The Morgan fingerprint density at radius 3 is 2.79 bits per heavy atom. The van der Waals surface area contributed by atoms with E-state index >= 15 is 0 Å². The first-order valence-corrected chi connectivity index (χ1v) is 10.7. The Balaban J connectivity index is 1.47. The standard InChI is InChI=1S/C24H24N6O3/c1-32-21-5-4-17(14-27-21)22-23(28-18-3-2-7-26-24(18)22)16-6-8-25-19(13-16)29-20(31)15-30-9-11-33-12-10-30/h2-8,13-14,28H,9-12,15H2,1H3,(H,25,29,31). The molecule has 0 radical (unpaired) electrons. The number of aromatic nitrogens is 4. The number of rotatable bonds is 6. The molecular formula is C24H24N6O3. The lowest BCUT2D eigenvalue weighted by atomic mass is 10.0. The molecule has 0 bridgehead atoms. The van der Waals surface area contributed by atoms with Crippen molar-refractivity contribution in [1.29, 1.82) is 0 Å². The molecule has 0 saturated carbocycles. The Labute approximate surface area is 190 Å². The zero-order valence-corrected chi connectivity index (χ0v) is 18.2. The molecule has 0 spiro atoms. The molecule has 33 heavy (non-hydrogen) atoms. The van der Waals surface area contributed by atoms with Gasteiger partial charge in [0.25, 0.3) is 0 Å². The number of hydrogen-bond donors (Lipinski definition) is 2. The molecule has 4 aromatic heterocycles. The van der Waals surface area contributed by atoms with Gasteiger partial charge in [0.1, 0.15) is 5.82 Å². The Morgan fingerprint density at radius 1 is 1.12 bits per heavy atom. The van der Waals surface area contributed by atoms with Gasteiger partial charge in [-0.1, -0.05) is 0 Å². The number of pyridine rings is 3. The summed E-state index contributed by atoms with van der Waals surface area (Å²) in [4.78, 5) is 31.4. The van der Waals surface area contributed by atoms with Crippen LogP contribution in [0.3, 0.4) is 0 Å². The smallest absolute Gasteiger partial charge is 0.239 e. The summed E-state index contributed by atoms with van der Waals surface area (Å²) in [6.45, 7) is 3.12. The number of morpholine rings is 1. The molecule has 2 N–H and O–H groups in total. The zero-order chi connectivity index (χ0) is 22.6.